The van der Waals surface area contributed by atoms with Gasteiger partial charge in [-0.05, 0) is 36.8 Å². The van der Waals surface area contributed by atoms with Crippen LogP contribution in [0.3, 0.4) is 0 Å². The second kappa shape index (κ2) is 5.74. The summed E-state index contributed by atoms with van der Waals surface area (Å²) in [5.74, 6) is 0.267. The van der Waals surface area contributed by atoms with Crippen molar-refractivity contribution in [2.24, 2.45) is 5.73 Å². The Hall–Kier alpha value is -1.35. The van der Waals surface area contributed by atoms with Gasteiger partial charge in [0.1, 0.15) is 5.54 Å². The predicted octanol–water partition coefficient (Wildman–Crippen LogP) is 3.08. The summed E-state index contributed by atoms with van der Waals surface area (Å²) in [6, 6.07) is 8.14. The van der Waals surface area contributed by atoms with Crippen LogP contribution in [0.25, 0.3) is 0 Å². The van der Waals surface area contributed by atoms with Gasteiger partial charge in [0.25, 0.3) is 0 Å². The molecule has 0 spiro atoms. The smallest absolute Gasteiger partial charge is 0.330 e. The average molecular weight is 261 g/mol. The minimum atomic E-state index is -1.07. The molecule has 1 aromatic carbocycles. The van der Waals surface area contributed by atoms with E-state index in [2.05, 4.69) is 12.1 Å². The molecule has 2 N–H and O–H groups in total. The Morgan fingerprint density at radius 2 is 1.79 bits per heavy atom. The lowest BCUT2D eigenvalue weighted by Crippen LogP contribution is -2.42. The van der Waals surface area contributed by atoms with E-state index in [0.29, 0.717) is 5.92 Å². The van der Waals surface area contributed by atoms with Crippen LogP contribution in [-0.2, 0) is 15.1 Å². The number of hydrogen-bond donors (Lipinski definition) is 1. The van der Waals surface area contributed by atoms with Crippen LogP contribution < -0.4 is 5.73 Å². The first-order valence-electron chi connectivity index (χ1n) is 7.03. The first kappa shape index (κ1) is 14.1. The molecule has 19 heavy (non-hydrogen) atoms. The topological polar surface area (TPSA) is 52.3 Å². The quantitative estimate of drug-likeness (QED) is 0.851. The van der Waals surface area contributed by atoms with Gasteiger partial charge >= 0.3 is 5.97 Å². The lowest BCUT2D eigenvalue weighted by molar-refractivity contribution is -0.146. The highest BCUT2D eigenvalue weighted by molar-refractivity contribution is 5.81. The van der Waals surface area contributed by atoms with Gasteiger partial charge in [-0.3, -0.25) is 0 Å². The molecule has 1 aromatic rings. The maximum absolute atomic E-state index is 11.7. The molecule has 0 amide bonds. The van der Waals surface area contributed by atoms with Crippen molar-refractivity contribution >= 4 is 5.97 Å². The Morgan fingerprint density at radius 1 is 1.21 bits per heavy atom. The van der Waals surface area contributed by atoms with Gasteiger partial charge in [0.2, 0.25) is 0 Å². The summed E-state index contributed by atoms with van der Waals surface area (Å²) in [4.78, 5) is 11.7. The summed E-state index contributed by atoms with van der Waals surface area (Å²) < 4.78 is 4.75. The number of esters is 1. The molecule has 1 unspecified atom stereocenters. The van der Waals surface area contributed by atoms with Gasteiger partial charge in [0.05, 0.1) is 7.11 Å². The molecule has 0 saturated heterocycles. The fraction of sp³-hybridized carbons (Fsp3) is 0.562. The number of nitrogens with two attached hydrogens (primary N) is 1. The van der Waals surface area contributed by atoms with Crippen LogP contribution >= 0.6 is 0 Å². The number of ether oxygens (including phenoxy) is 1. The molecule has 1 fully saturated rings. The third kappa shape index (κ3) is 2.98. The number of rotatable bonds is 3. The van der Waals surface area contributed by atoms with E-state index in [4.69, 9.17) is 10.5 Å². The number of hydrogen-bond acceptors (Lipinski definition) is 3. The molecule has 0 aliphatic heterocycles. The maximum Gasteiger partial charge on any atom is 0.330 e. The second-order valence-corrected chi connectivity index (χ2v) is 5.65. The Bertz CT molecular complexity index is 431. The van der Waals surface area contributed by atoms with Crippen molar-refractivity contribution in [3.8, 4) is 0 Å². The van der Waals surface area contributed by atoms with Gasteiger partial charge in [-0.1, -0.05) is 43.5 Å². The molecule has 104 valence electrons. The van der Waals surface area contributed by atoms with Crippen molar-refractivity contribution in [3.63, 3.8) is 0 Å². The number of benzene rings is 1. The van der Waals surface area contributed by atoms with Gasteiger partial charge in [0.15, 0.2) is 0 Å². The van der Waals surface area contributed by atoms with E-state index >= 15 is 0 Å². The van der Waals surface area contributed by atoms with E-state index < -0.39 is 11.5 Å². The monoisotopic (exact) mass is 261 g/mol. The SMILES string of the molecule is COC(=O)C(C)(N)c1ccc(C2CCCCC2)cc1. The predicted molar refractivity (Wildman–Crippen MR) is 75.8 cm³/mol. The standard InChI is InChI=1S/C16H23NO2/c1-16(17,15(18)19-2)14-10-8-13(9-11-14)12-6-4-3-5-7-12/h8-12H,3-7,17H2,1-2H3. The zero-order chi connectivity index (χ0) is 13.9. The minimum absolute atomic E-state index is 0.405. The Kier molecular flexibility index (Phi) is 4.25. The zero-order valence-electron chi connectivity index (χ0n) is 11.8. The van der Waals surface area contributed by atoms with Crippen molar-refractivity contribution in [1.29, 1.82) is 0 Å². The van der Waals surface area contributed by atoms with Crippen molar-refractivity contribution in [2.45, 2.75) is 50.5 Å². The summed E-state index contributed by atoms with van der Waals surface area (Å²) in [5.41, 5.74) is 7.15. The molecule has 0 heterocycles. The minimum Gasteiger partial charge on any atom is -0.467 e. The van der Waals surface area contributed by atoms with E-state index in [1.807, 2.05) is 12.1 Å². The van der Waals surface area contributed by atoms with Crippen LogP contribution in [0.15, 0.2) is 24.3 Å². The summed E-state index contributed by atoms with van der Waals surface area (Å²) >= 11 is 0. The van der Waals surface area contributed by atoms with Crippen molar-refractivity contribution in [3.05, 3.63) is 35.4 Å². The lowest BCUT2D eigenvalue weighted by atomic mass is 9.83. The highest BCUT2D eigenvalue weighted by Crippen LogP contribution is 2.33. The molecule has 0 aromatic heterocycles. The molecule has 1 saturated carbocycles. The summed E-state index contributed by atoms with van der Waals surface area (Å²) in [5, 5.41) is 0. The Morgan fingerprint density at radius 3 is 2.32 bits per heavy atom. The number of carbonyl (C=O) groups is 1. The highest BCUT2D eigenvalue weighted by atomic mass is 16.5. The fourth-order valence-electron chi connectivity index (χ4n) is 2.87. The van der Waals surface area contributed by atoms with Crippen molar-refractivity contribution in [2.75, 3.05) is 7.11 Å². The highest BCUT2D eigenvalue weighted by Gasteiger charge is 2.31. The maximum atomic E-state index is 11.7. The van der Waals surface area contributed by atoms with E-state index in [-0.39, 0.29) is 0 Å². The van der Waals surface area contributed by atoms with Gasteiger partial charge in [-0.15, -0.1) is 0 Å². The molecule has 1 atom stereocenters. The van der Waals surface area contributed by atoms with E-state index in [9.17, 15) is 4.79 Å². The van der Waals surface area contributed by atoms with E-state index in [1.54, 1.807) is 6.92 Å². The lowest BCUT2D eigenvalue weighted by Gasteiger charge is -2.25. The Balaban J connectivity index is 2.15. The molecule has 0 bridgehead atoms. The first-order chi connectivity index (χ1) is 9.05. The van der Waals surface area contributed by atoms with Gasteiger partial charge < -0.3 is 10.5 Å². The molecule has 0 radical (unpaired) electrons. The van der Waals surface area contributed by atoms with Crippen LogP contribution in [0.4, 0.5) is 0 Å². The van der Waals surface area contributed by atoms with Crippen LogP contribution in [0.1, 0.15) is 56.1 Å². The fourth-order valence-corrected chi connectivity index (χ4v) is 2.87. The third-order valence-corrected chi connectivity index (χ3v) is 4.20. The largest absolute Gasteiger partial charge is 0.467 e. The first-order valence-corrected chi connectivity index (χ1v) is 7.03. The van der Waals surface area contributed by atoms with E-state index in [0.717, 1.165) is 5.56 Å². The molecular formula is C16H23NO2. The molecule has 3 nitrogen and oxygen atoms in total. The molecule has 1 aliphatic carbocycles. The zero-order valence-corrected chi connectivity index (χ0v) is 11.8. The Labute approximate surface area is 115 Å². The van der Waals surface area contributed by atoms with Crippen LogP contribution in [0, 0.1) is 0 Å². The van der Waals surface area contributed by atoms with Crippen LogP contribution in [0.2, 0.25) is 0 Å². The summed E-state index contributed by atoms with van der Waals surface area (Å²) in [6.07, 6.45) is 6.55. The van der Waals surface area contributed by atoms with Crippen molar-refractivity contribution < 1.29 is 9.53 Å². The van der Waals surface area contributed by atoms with Crippen LogP contribution in [-0.4, -0.2) is 13.1 Å². The normalized spacial score (nSPS) is 19.7. The van der Waals surface area contributed by atoms with Crippen LogP contribution in [0.5, 0.6) is 0 Å². The average Bonchev–Trinajstić information content (AvgIpc) is 2.47. The molecule has 1 aliphatic rings. The van der Waals surface area contributed by atoms with E-state index in [1.165, 1.54) is 44.8 Å². The second-order valence-electron chi connectivity index (χ2n) is 5.65. The summed E-state index contributed by atoms with van der Waals surface area (Å²) in [7, 11) is 1.36. The summed E-state index contributed by atoms with van der Waals surface area (Å²) in [6.45, 7) is 1.69. The third-order valence-electron chi connectivity index (χ3n) is 4.20. The number of carbonyl (C=O) groups excluding carboxylic acids is 1. The van der Waals surface area contributed by atoms with Gasteiger partial charge in [0, 0.05) is 0 Å². The molecule has 3 heteroatoms. The van der Waals surface area contributed by atoms with Gasteiger partial charge in [-0.2, -0.15) is 0 Å². The number of methoxy groups -OCH3 is 1. The van der Waals surface area contributed by atoms with Crippen molar-refractivity contribution in [1.82, 2.24) is 0 Å². The molecule has 2 rings (SSSR count). The molecular weight excluding hydrogens is 238 g/mol. The van der Waals surface area contributed by atoms with Gasteiger partial charge in [-0.25, -0.2) is 4.79 Å².